The van der Waals surface area contributed by atoms with Gasteiger partial charge in [-0.05, 0) is 32.4 Å². The first-order valence-corrected chi connectivity index (χ1v) is 10.4. The first kappa shape index (κ1) is 22.8. The van der Waals surface area contributed by atoms with Crippen molar-refractivity contribution in [2.75, 3.05) is 5.32 Å². The fourth-order valence-electron chi connectivity index (χ4n) is 3.56. The number of fused-ring (bicyclic) bond motifs is 1. The topological polar surface area (TPSA) is 77.6 Å². The Morgan fingerprint density at radius 3 is 2.48 bits per heavy atom. The van der Waals surface area contributed by atoms with Gasteiger partial charge in [0.15, 0.2) is 11.5 Å². The van der Waals surface area contributed by atoms with Crippen LogP contribution in [0.25, 0.3) is 11.0 Å². The molecule has 4 rings (SSSR count). The lowest BCUT2D eigenvalue weighted by Crippen LogP contribution is -2.20. The molecule has 1 N–H and O–H groups in total. The first-order chi connectivity index (χ1) is 15.5. The molecule has 1 amide bonds. The van der Waals surface area contributed by atoms with E-state index < -0.39 is 17.6 Å². The molecule has 0 bridgehead atoms. The number of carbonyl (C=O) groups is 1. The second kappa shape index (κ2) is 8.51. The number of hydrogen-bond acceptors (Lipinski definition) is 4. The SMILES string of the molecule is Cc1ccc(Cn2cc(Cl)c(NC(=O)Cn3nc(C)c4c(C(F)(F)F)cc(C)nc43)n2)cc1. The highest BCUT2D eigenvalue weighted by molar-refractivity contribution is 6.33. The van der Waals surface area contributed by atoms with Crippen LogP contribution in [0.2, 0.25) is 5.02 Å². The van der Waals surface area contributed by atoms with Crippen molar-refractivity contribution >= 4 is 34.4 Å². The third kappa shape index (κ3) is 4.85. The average Bonchev–Trinajstić information content (AvgIpc) is 3.21. The predicted molar refractivity (Wildman–Crippen MR) is 118 cm³/mol. The molecule has 0 aliphatic carbocycles. The van der Waals surface area contributed by atoms with E-state index in [1.54, 1.807) is 10.9 Å². The summed E-state index contributed by atoms with van der Waals surface area (Å²) >= 11 is 6.22. The van der Waals surface area contributed by atoms with Gasteiger partial charge < -0.3 is 5.32 Å². The number of nitrogens with one attached hydrogen (secondary N) is 1. The Hall–Kier alpha value is -3.40. The number of aryl methyl sites for hydroxylation is 3. The molecule has 0 fully saturated rings. The summed E-state index contributed by atoms with van der Waals surface area (Å²) in [6.07, 6.45) is -2.98. The quantitative estimate of drug-likeness (QED) is 0.444. The molecule has 0 saturated carbocycles. The normalized spacial score (nSPS) is 11.8. The van der Waals surface area contributed by atoms with E-state index in [0.29, 0.717) is 6.54 Å². The van der Waals surface area contributed by atoms with E-state index in [-0.39, 0.29) is 39.8 Å². The molecule has 1 aromatic carbocycles. The van der Waals surface area contributed by atoms with Crippen LogP contribution >= 0.6 is 11.6 Å². The molecule has 3 heterocycles. The number of pyridine rings is 1. The minimum absolute atomic E-state index is 0.00836. The second-order valence-electron chi connectivity index (χ2n) is 7.81. The van der Waals surface area contributed by atoms with Crippen molar-refractivity contribution in [3.8, 4) is 0 Å². The van der Waals surface area contributed by atoms with Crippen molar-refractivity contribution in [3.63, 3.8) is 0 Å². The summed E-state index contributed by atoms with van der Waals surface area (Å²) < 4.78 is 43.2. The van der Waals surface area contributed by atoms with Crippen molar-refractivity contribution in [2.45, 2.75) is 40.0 Å². The molecule has 0 aliphatic heterocycles. The zero-order chi connectivity index (χ0) is 23.9. The summed E-state index contributed by atoms with van der Waals surface area (Å²) in [6.45, 7) is 5.02. The second-order valence-corrected chi connectivity index (χ2v) is 8.21. The van der Waals surface area contributed by atoms with Crippen molar-refractivity contribution in [1.29, 1.82) is 0 Å². The number of nitrogens with zero attached hydrogens (tertiary/aromatic N) is 5. The van der Waals surface area contributed by atoms with Gasteiger partial charge >= 0.3 is 6.18 Å². The van der Waals surface area contributed by atoms with Gasteiger partial charge in [-0.2, -0.15) is 23.4 Å². The maximum absolute atomic E-state index is 13.5. The largest absolute Gasteiger partial charge is 0.417 e. The summed E-state index contributed by atoms with van der Waals surface area (Å²) in [5.41, 5.74) is 1.63. The number of carbonyl (C=O) groups excluding carboxylic acids is 1. The summed E-state index contributed by atoms with van der Waals surface area (Å²) in [6, 6.07) is 8.89. The van der Waals surface area contributed by atoms with Crippen molar-refractivity contribution in [2.24, 2.45) is 0 Å². The van der Waals surface area contributed by atoms with E-state index in [0.717, 1.165) is 21.9 Å². The van der Waals surface area contributed by atoms with Crippen LogP contribution in [0.15, 0.2) is 36.5 Å². The molecule has 0 spiro atoms. The average molecular weight is 477 g/mol. The maximum Gasteiger partial charge on any atom is 0.417 e. The molecule has 4 aromatic rings. The monoisotopic (exact) mass is 476 g/mol. The maximum atomic E-state index is 13.5. The van der Waals surface area contributed by atoms with Gasteiger partial charge in [0.2, 0.25) is 5.91 Å². The number of halogens is 4. The molecule has 3 aromatic heterocycles. The molecule has 7 nitrogen and oxygen atoms in total. The fraction of sp³-hybridized carbons (Fsp3) is 0.273. The molecular formula is C22H20ClF3N6O. The number of anilines is 1. The Morgan fingerprint density at radius 1 is 1.12 bits per heavy atom. The summed E-state index contributed by atoms with van der Waals surface area (Å²) in [5, 5.41) is 11.1. The van der Waals surface area contributed by atoms with E-state index in [4.69, 9.17) is 11.6 Å². The summed E-state index contributed by atoms with van der Waals surface area (Å²) in [5.74, 6) is -0.388. The lowest BCUT2D eigenvalue weighted by molar-refractivity contribution is -0.136. The first-order valence-electron chi connectivity index (χ1n) is 10.0. The number of hydrogen-bond donors (Lipinski definition) is 1. The van der Waals surface area contributed by atoms with E-state index in [2.05, 4.69) is 20.5 Å². The van der Waals surface area contributed by atoms with Gasteiger partial charge in [0, 0.05) is 11.9 Å². The van der Waals surface area contributed by atoms with Crippen LogP contribution in [0.3, 0.4) is 0 Å². The van der Waals surface area contributed by atoms with Crippen molar-refractivity contribution in [1.82, 2.24) is 24.5 Å². The van der Waals surface area contributed by atoms with Gasteiger partial charge in [-0.15, -0.1) is 0 Å². The smallest absolute Gasteiger partial charge is 0.306 e. The molecule has 11 heteroatoms. The van der Waals surface area contributed by atoms with Crippen LogP contribution in [-0.2, 0) is 24.1 Å². The van der Waals surface area contributed by atoms with Crippen LogP contribution in [0.4, 0.5) is 19.0 Å². The molecular weight excluding hydrogens is 457 g/mol. The third-order valence-corrected chi connectivity index (χ3v) is 5.32. The van der Waals surface area contributed by atoms with Gasteiger partial charge in [0.25, 0.3) is 0 Å². The lowest BCUT2D eigenvalue weighted by atomic mass is 10.1. The van der Waals surface area contributed by atoms with Crippen LogP contribution in [0.5, 0.6) is 0 Å². The molecule has 0 atom stereocenters. The van der Waals surface area contributed by atoms with Gasteiger partial charge in [-0.1, -0.05) is 41.4 Å². The Kier molecular flexibility index (Phi) is 5.87. The minimum atomic E-state index is -4.56. The van der Waals surface area contributed by atoms with Crippen LogP contribution in [-0.4, -0.2) is 30.5 Å². The molecule has 172 valence electrons. The molecule has 0 unspecified atom stereocenters. The lowest BCUT2D eigenvalue weighted by Gasteiger charge is -2.10. The number of amides is 1. The van der Waals surface area contributed by atoms with Gasteiger partial charge in [0.05, 0.1) is 23.2 Å². The van der Waals surface area contributed by atoms with E-state index in [9.17, 15) is 18.0 Å². The van der Waals surface area contributed by atoms with Crippen LogP contribution in [0.1, 0.15) is 28.1 Å². The Morgan fingerprint density at radius 2 is 1.82 bits per heavy atom. The summed E-state index contributed by atoms with van der Waals surface area (Å²) in [7, 11) is 0. The van der Waals surface area contributed by atoms with E-state index >= 15 is 0 Å². The Bertz CT molecular complexity index is 1340. The standard InChI is InChI=1S/C22H20ClF3N6O/c1-12-4-6-15(7-5-12)9-31-10-17(23)20(30-31)28-18(33)11-32-21-19(14(3)29-32)16(22(24,25)26)8-13(2)27-21/h4-8,10H,9,11H2,1-3H3,(H,28,30,33). The molecule has 0 saturated heterocycles. The highest BCUT2D eigenvalue weighted by Crippen LogP contribution is 2.36. The highest BCUT2D eigenvalue weighted by atomic mass is 35.5. The predicted octanol–water partition coefficient (Wildman–Crippen LogP) is 4.91. The summed E-state index contributed by atoms with van der Waals surface area (Å²) in [4.78, 5) is 16.8. The number of rotatable bonds is 5. The Labute approximate surface area is 192 Å². The van der Waals surface area contributed by atoms with E-state index in [1.165, 1.54) is 13.8 Å². The molecule has 0 radical (unpaired) electrons. The van der Waals surface area contributed by atoms with Crippen LogP contribution < -0.4 is 5.32 Å². The zero-order valence-corrected chi connectivity index (χ0v) is 18.8. The van der Waals surface area contributed by atoms with Gasteiger partial charge in [-0.3, -0.25) is 9.48 Å². The number of aromatic nitrogens is 5. The van der Waals surface area contributed by atoms with Gasteiger partial charge in [-0.25, -0.2) is 9.67 Å². The number of alkyl halides is 3. The molecule has 0 aliphatic rings. The van der Waals surface area contributed by atoms with E-state index in [1.807, 2.05) is 31.2 Å². The van der Waals surface area contributed by atoms with Gasteiger partial charge in [0.1, 0.15) is 11.6 Å². The van der Waals surface area contributed by atoms with Crippen LogP contribution in [0, 0.1) is 20.8 Å². The minimum Gasteiger partial charge on any atom is -0.306 e. The molecule has 33 heavy (non-hydrogen) atoms. The highest BCUT2D eigenvalue weighted by Gasteiger charge is 2.35. The zero-order valence-electron chi connectivity index (χ0n) is 18.0. The third-order valence-electron chi connectivity index (χ3n) is 5.04. The van der Waals surface area contributed by atoms with Crippen molar-refractivity contribution < 1.29 is 18.0 Å². The van der Waals surface area contributed by atoms with Crippen molar-refractivity contribution in [3.05, 3.63) is 69.6 Å². The Balaban J connectivity index is 1.54. The number of benzene rings is 1. The fourth-order valence-corrected chi connectivity index (χ4v) is 3.76.